The molecule has 1 aromatic heterocycles. The Hall–Kier alpha value is -1.98. The van der Waals surface area contributed by atoms with Gasteiger partial charge >= 0.3 is 11.6 Å². The summed E-state index contributed by atoms with van der Waals surface area (Å²) in [4.78, 5) is 22.4. The molecule has 0 saturated heterocycles. The molecular weight excluding hydrogens is 295 g/mol. The van der Waals surface area contributed by atoms with Crippen LogP contribution in [0.2, 0.25) is 10.0 Å². The minimum absolute atomic E-state index is 0.101. The van der Waals surface area contributed by atoms with Crippen molar-refractivity contribution in [1.29, 1.82) is 0 Å². The maximum Gasteiger partial charge on any atom is 0.343 e. The second-order valence-electron chi connectivity index (χ2n) is 3.58. The Kier molecular flexibility index (Phi) is 3.50. The Morgan fingerprint density at radius 3 is 2.47 bits per heavy atom. The Morgan fingerprint density at radius 2 is 1.89 bits per heavy atom. The van der Waals surface area contributed by atoms with Crippen molar-refractivity contribution < 1.29 is 19.4 Å². The molecule has 0 atom stereocenters. The minimum atomic E-state index is -1.44. The molecule has 2 N–H and O–H groups in total. The van der Waals surface area contributed by atoms with E-state index in [1.165, 1.54) is 18.2 Å². The number of halogens is 2. The van der Waals surface area contributed by atoms with Crippen molar-refractivity contribution in [1.82, 2.24) is 0 Å². The molecule has 0 saturated carbocycles. The highest BCUT2D eigenvalue weighted by molar-refractivity contribution is 6.36. The third-order valence-electron chi connectivity index (χ3n) is 2.33. The zero-order valence-electron chi connectivity index (χ0n) is 9.18. The molecule has 98 valence electrons. The number of hydrogen-bond donors (Lipinski definition) is 2. The van der Waals surface area contributed by atoms with Gasteiger partial charge in [-0.15, -0.1) is 0 Å². The number of carboxylic acids is 1. The first kappa shape index (κ1) is 13.5. The summed E-state index contributed by atoms with van der Waals surface area (Å²) in [5, 5.41) is 19.0. The van der Waals surface area contributed by atoms with E-state index in [4.69, 9.17) is 32.7 Å². The van der Waals surface area contributed by atoms with E-state index in [2.05, 4.69) is 0 Å². The summed E-state index contributed by atoms with van der Waals surface area (Å²) < 4.78 is 4.83. The van der Waals surface area contributed by atoms with Crippen LogP contribution in [0.5, 0.6) is 5.75 Å². The standard InChI is InChI=1S/C12H6Cl2O5/c13-5-1-2-6(7(14)3-5)11-10(12(17)18)8(15)4-9(16)19-11/h1-4,15H,(H,17,18). The van der Waals surface area contributed by atoms with E-state index >= 15 is 0 Å². The van der Waals surface area contributed by atoms with E-state index in [1.54, 1.807) is 0 Å². The van der Waals surface area contributed by atoms with Crippen molar-refractivity contribution in [3.8, 4) is 17.1 Å². The van der Waals surface area contributed by atoms with Gasteiger partial charge in [0, 0.05) is 10.6 Å². The summed E-state index contributed by atoms with van der Waals surface area (Å²) in [5.74, 6) is -2.45. The smallest absolute Gasteiger partial charge is 0.343 e. The molecule has 19 heavy (non-hydrogen) atoms. The van der Waals surface area contributed by atoms with Gasteiger partial charge in [0.2, 0.25) is 0 Å². The number of carbonyl (C=O) groups is 1. The van der Waals surface area contributed by atoms with Crippen LogP contribution < -0.4 is 5.63 Å². The molecular formula is C12H6Cl2O5. The summed E-state index contributed by atoms with van der Waals surface area (Å²) in [5.41, 5.74) is -1.27. The van der Waals surface area contributed by atoms with Gasteiger partial charge in [0.1, 0.15) is 11.3 Å². The summed E-state index contributed by atoms with van der Waals surface area (Å²) in [7, 11) is 0. The minimum Gasteiger partial charge on any atom is -0.507 e. The van der Waals surface area contributed by atoms with E-state index < -0.39 is 22.9 Å². The van der Waals surface area contributed by atoms with Crippen LogP contribution in [-0.4, -0.2) is 16.2 Å². The topological polar surface area (TPSA) is 87.7 Å². The van der Waals surface area contributed by atoms with Crippen LogP contribution in [0.15, 0.2) is 33.5 Å². The molecule has 2 aromatic rings. The van der Waals surface area contributed by atoms with Crippen molar-refractivity contribution in [3.05, 3.63) is 50.3 Å². The number of hydrogen-bond acceptors (Lipinski definition) is 4. The number of carboxylic acid groups (broad SMARTS) is 1. The summed E-state index contributed by atoms with van der Waals surface area (Å²) in [6, 6.07) is 4.90. The lowest BCUT2D eigenvalue weighted by Crippen LogP contribution is -2.06. The molecule has 1 heterocycles. The number of rotatable bonds is 2. The fourth-order valence-electron chi connectivity index (χ4n) is 1.55. The molecule has 0 aliphatic rings. The molecule has 0 aliphatic heterocycles. The van der Waals surface area contributed by atoms with Crippen molar-refractivity contribution >= 4 is 29.2 Å². The average molecular weight is 301 g/mol. The van der Waals surface area contributed by atoms with Crippen LogP contribution >= 0.6 is 23.2 Å². The molecule has 1 aromatic carbocycles. The third-order valence-corrected chi connectivity index (χ3v) is 2.88. The van der Waals surface area contributed by atoms with Gasteiger partial charge in [-0.05, 0) is 18.2 Å². The third kappa shape index (κ3) is 2.57. The molecule has 5 nitrogen and oxygen atoms in total. The Balaban J connectivity index is 2.81. The van der Waals surface area contributed by atoms with Crippen LogP contribution in [-0.2, 0) is 0 Å². The second-order valence-corrected chi connectivity index (χ2v) is 4.43. The fraction of sp³-hybridized carbons (Fsp3) is 0. The van der Waals surface area contributed by atoms with Crippen LogP contribution in [0.25, 0.3) is 11.3 Å². The van der Waals surface area contributed by atoms with Gasteiger partial charge in [-0.3, -0.25) is 0 Å². The highest BCUT2D eigenvalue weighted by atomic mass is 35.5. The van der Waals surface area contributed by atoms with Gasteiger partial charge in [0.15, 0.2) is 5.76 Å². The molecule has 0 spiro atoms. The maximum atomic E-state index is 11.2. The van der Waals surface area contributed by atoms with E-state index in [1.807, 2.05) is 0 Å². The zero-order chi connectivity index (χ0) is 14.2. The Bertz CT molecular complexity index is 721. The Morgan fingerprint density at radius 1 is 1.21 bits per heavy atom. The van der Waals surface area contributed by atoms with Crippen molar-refractivity contribution in [3.63, 3.8) is 0 Å². The van der Waals surface area contributed by atoms with E-state index in [0.717, 1.165) is 0 Å². The van der Waals surface area contributed by atoms with Crippen molar-refractivity contribution in [2.24, 2.45) is 0 Å². The van der Waals surface area contributed by atoms with Crippen molar-refractivity contribution in [2.75, 3.05) is 0 Å². The zero-order valence-corrected chi connectivity index (χ0v) is 10.7. The van der Waals surface area contributed by atoms with Crippen LogP contribution in [0, 0.1) is 0 Å². The highest BCUT2D eigenvalue weighted by Crippen LogP contribution is 2.34. The number of benzene rings is 1. The quantitative estimate of drug-likeness (QED) is 0.890. The lowest BCUT2D eigenvalue weighted by Gasteiger charge is -2.07. The van der Waals surface area contributed by atoms with Gasteiger partial charge in [0.05, 0.1) is 11.1 Å². The largest absolute Gasteiger partial charge is 0.507 e. The first-order valence-electron chi connectivity index (χ1n) is 4.96. The number of aromatic hydroxyl groups is 1. The Labute approximate surface area is 116 Å². The monoisotopic (exact) mass is 300 g/mol. The van der Waals surface area contributed by atoms with E-state index in [-0.39, 0.29) is 16.3 Å². The predicted octanol–water partition coefficient (Wildman–Crippen LogP) is 3.02. The van der Waals surface area contributed by atoms with Gasteiger partial charge in [-0.25, -0.2) is 9.59 Å². The van der Waals surface area contributed by atoms with Gasteiger partial charge in [-0.2, -0.15) is 0 Å². The molecule has 0 amide bonds. The lowest BCUT2D eigenvalue weighted by molar-refractivity contribution is 0.0692. The molecule has 2 rings (SSSR count). The van der Waals surface area contributed by atoms with Crippen LogP contribution in [0.3, 0.4) is 0 Å². The molecule has 0 radical (unpaired) electrons. The molecule has 0 bridgehead atoms. The maximum absolute atomic E-state index is 11.2. The summed E-state index contributed by atoms with van der Waals surface area (Å²) in [6.07, 6.45) is 0. The van der Waals surface area contributed by atoms with Gasteiger partial charge in [0.25, 0.3) is 0 Å². The normalized spacial score (nSPS) is 10.4. The molecule has 7 heteroatoms. The fourth-order valence-corrected chi connectivity index (χ4v) is 2.05. The molecule has 0 fully saturated rings. The van der Waals surface area contributed by atoms with Gasteiger partial charge in [-0.1, -0.05) is 23.2 Å². The molecule has 0 unspecified atom stereocenters. The SMILES string of the molecule is O=C(O)c1c(O)cc(=O)oc1-c1ccc(Cl)cc1Cl. The van der Waals surface area contributed by atoms with Crippen LogP contribution in [0.1, 0.15) is 10.4 Å². The summed E-state index contributed by atoms with van der Waals surface area (Å²) in [6.45, 7) is 0. The van der Waals surface area contributed by atoms with Crippen molar-refractivity contribution in [2.45, 2.75) is 0 Å². The summed E-state index contributed by atoms with van der Waals surface area (Å²) >= 11 is 11.7. The van der Waals surface area contributed by atoms with Gasteiger partial charge < -0.3 is 14.6 Å². The first-order valence-corrected chi connectivity index (χ1v) is 5.71. The predicted molar refractivity (Wildman–Crippen MR) is 69.1 cm³/mol. The first-order chi connectivity index (χ1) is 8.90. The van der Waals surface area contributed by atoms with E-state index in [0.29, 0.717) is 11.1 Å². The second kappa shape index (κ2) is 4.95. The van der Waals surface area contributed by atoms with E-state index in [9.17, 15) is 14.7 Å². The average Bonchev–Trinajstić information content (AvgIpc) is 2.26. The molecule has 0 aliphatic carbocycles. The lowest BCUT2D eigenvalue weighted by atomic mass is 10.1. The highest BCUT2D eigenvalue weighted by Gasteiger charge is 2.22. The number of aromatic carboxylic acids is 1. The van der Waals surface area contributed by atoms with Crippen LogP contribution in [0.4, 0.5) is 0 Å².